The Labute approximate surface area is 159 Å². The van der Waals surface area contributed by atoms with Crippen LogP contribution in [0.1, 0.15) is 34.3 Å². The summed E-state index contributed by atoms with van der Waals surface area (Å²) in [4.78, 5) is 12.9. The Morgan fingerprint density at radius 3 is 2.50 bits per heavy atom. The fourth-order valence-corrected chi connectivity index (χ4v) is 4.73. The molecule has 0 aromatic heterocycles. The highest BCUT2D eigenvalue weighted by atomic mass is 35.5. The summed E-state index contributed by atoms with van der Waals surface area (Å²) in [5.41, 5.74) is 2.42. The molecule has 1 heterocycles. The van der Waals surface area contributed by atoms with Gasteiger partial charge in [0.05, 0.1) is 4.90 Å². The van der Waals surface area contributed by atoms with E-state index in [0.29, 0.717) is 34.9 Å². The van der Waals surface area contributed by atoms with Crippen LogP contribution in [0.3, 0.4) is 0 Å². The number of benzene rings is 2. The third kappa shape index (κ3) is 3.63. The molecular weight excluding hydrogens is 372 g/mol. The fraction of sp³-hybridized carbons (Fsp3) is 0.316. The summed E-state index contributed by atoms with van der Waals surface area (Å²) in [7, 11) is -3.57. The molecule has 0 radical (unpaired) electrons. The lowest BCUT2D eigenvalue weighted by Gasteiger charge is -2.17. The molecule has 7 heteroatoms. The number of halogens is 1. The van der Waals surface area contributed by atoms with Gasteiger partial charge in [-0.1, -0.05) is 23.7 Å². The van der Waals surface area contributed by atoms with Crippen LogP contribution in [0.25, 0.3) is 0 Å². The molecule has 3 rings (SSSR count). The van der Waals surface area contributed by atoms with Crippen LogP contribution in [-0.2, 0) is 10.0 Å². The number of nitrogens with zero attached hydrogens (tertiary/aromatic N) is 1. The maximum atomic E-state index is 12.8. The van der Waals surface area contributed by atoms with Crippen molar-refractivity contribution in [3.63, 3.8) is 0 Å². The average Bonchev–Trinajstić information content (AvgIpc) is 3.14. The lowest BCUT2D eigenvalue weighted by molar-refractivity contribution is 0.102. The molecule has 0 saturated carbocycles. The van der Waals surface area contributed by atoms with Crippen molar-refractivity contribution in [2.24, 2.45) is 0 Å². The molecule has 1 aliphatic heterocycles. The highest BCUT2D eigenvalue weighted by molar-refractivity contribution is 7.89. The third-order valence-electron chi connectivity index (χ3n) is 4.67. The summed E-state index contributed by atoms with van der Waals surface area (Å²) in [6, 6.07) is 9.96. The van der Waals surface area contributed by atoms with Crippen molar-refractivity contribution in [1.29, 1.82) is 0 Å². The van der Waals surface area contributed by atoms with Crippen molar-refractivity contribution in [2.45, 2.75) is 31.6 Å². The number of hydrogen-bond donors (Lipinski definition) is 1. The number of amides is 1. The monoisotopic (exact) mass is 392 g/mol. The first-order chi connectivity index (χ1) is 12.3. The molecule has 5 nitrogen and oxygen atoms in total. The van der Waals surface area contributed by atoms with Crippen LogP contribution in [0.4, 0.5) is 5.69 Å². The standard InChI is InChI=1S/C19H21ClN2O3S/c1-13-8-9-15(26(24,25)22-10-3-4-11-22)12-16(13)19(23)21-18-7-5-6-17(20)14(18)2/h5-9,12H,3-4,10-11H2,1-2H3,(H,21,23). The number of aryl methyl sites for hydroxylation is 1. The summed E-state index contributed by atoms with van der Waals surface area (Å²) in [6.07, 6.45) is 1.74. The van der Waals surface area contributed by atoms with Gasteiger partial charge in [0.1, 0.15) is 0 Å². The van der Waals surface area contributed by atoms with Crippen LogP contribution in [0.15, 0.2) is 41.3 Å². The molecule has 1 N–H and O–H groups in total. The van der Waals surface area contributed by atoms with Crippen molar-refractivity contribution >= 4 is 33.2 Å². The molecule has 1 aliphatic rings. The number of hydrogen-bond acceptors (Lipinski definition) is 3. The number of carbonyl (C=O) groups excluding carboxylic acids is 1. The van der Waals surface area contributed by atoms with Gasteiger partial charge in [0.2, 0.25) is 10.0 Å². The van der Waals surface area contributed by atoms with Crippen molar-refractivity contribution in [2.75, 3.05) is 18.4 Å². The van der Waals surface area contributed by atoms with E-state index in [9.17, 15) is 13.2 Å². The zero-order chi connectivity index (χ0) is 18.9. The van der Waals surface area contributed by atoms with Crippen molar-refractivity contribution < 1.29 is 13.2 Å². The molecule has 1 saturated heterocycles. The van der Waals surface area contributed by atoms with Crippen LogP contribution in [-0.4, -0.2) is 31.7 Å². The Hall–Kier alpha value is -1.89. The van der Waals surface area contributed by atoms with Gasteiger partial charge < -0.3 is 5.32 Å². The number of rotatable bonds is 4. The first-order valence-corrected chi connectivity index (χ1v) is 10.3. The normalized spacial score (nSPS) is 15.2. The molecule has 26 heavy (non-hydrogen) atoms. The van der Waals surface area contributed by atoms with E-state index in [1.165, 1.54) is 10.4 Å². The topological polar surface area (TPSA) is 66.5 Å². The summed E-state index contributed by atoms with van der Waals surface area (Å²) >= 11 is 6.10. The van der Waals surface area contributed by atoms with Gasteiger partial charge in [0.25, 0.3) is 5.91 Å². The summed E-state index contributed by atoms with van der Waals surface area (Å²) in [5, 5.41) is 3.38. The van der Waals surface area contributed by atoms with E-state index in [1.807, 2.05) is 6.92 Å². The van der Waals surface area contributed by atoms with Gasteiger partial charge in [0.15, 0.2) is 0 Å². The number of anilines is 1. The van der Waals surface area contributed by atoms with Gasteiger partial charge in [-0.05, 0) is 62.1 Å². The van der Waals surface area contributed by atoms with E-state index in [0.717, 1.165) is 18.4 Å². The number of nitrogens with one attached hydrogen (secondary N) is 1. The van der Waals surface area contributed by atoms with Crippen molar-refractivity contribution in [3.8, 4) is 0 Å². The van der Waals surface area contributed by atoms with Crippen molar-refractivity contribution in [1.82, 2.24) is 4.31 Å². The molecular formula is C19H21ClN2O3S. The second-order valence-corrected chi connectivity index (χ2v) is 8.80. The van der Waals surface area contributed by atoms with E-state index in [-0.39, 0.29) is 10.8 Å². The van der Waals surface area contributed by atoms with Crippen LogP contribution >= 0.6 is 11.6 Å². The second kappa shape index (κ2) is 7.39. The number of carbonyl (C=O) groups is 1. The van der Waals surface area contributed by atoms with Crippen LogP contribution in [0.2, 0.25) is 5.02 Å². The Morgan fingerprint density at radius 1 is 1.12 bits per heavy atom. The Kier molecular flexibility index (Phi) is 5.37. The summed E-state index contributed by atoms with van der Waals surface area (Å²) in [6.45, 7) is 4.66. The second-order valence-electron chi connectivity index (χ2n) is 6.45. The fourth-order valence-electron chi connectivity index (χ4n) is 3.02. The predicted octanol–water partition coefficient (Wildman–Crippen LogP) is 3.99. The SMILES string of the molecule is Cc1ccc(S(=O)(=O)N2CCCC2)cc1C(=O)Nc1cccc(Cl)c1C. The average molecular weight is 393 g/mol. The molecule has 0 bridgehead atoms. The lowest BCUT2D eigenvalue weighted by atomic mass is 10.1. The Morgan fingerprint density at radius 2 is 1.81 bits per heavy atom. The molecule has 1 fully saturated rings. The quantitative estimate of drug-likeness (QED) is 0.855. The van der Waals surface area contributed by atoms with E-state index in [1.54, 1.807) is 37.3 Å². The zero-order valence-electron chi connectivity index (χ0n) is 14.8. The Balaban J connectivity index is 1.92. The maximum absolute atomic E-state index is 12.8. The molecule has 2 aromatic carbocycles. The number of sulfonamides is 1. The van der Waals surface area contributed by atoms with Gasteiger partial charge >= 0.3 is 0 Å². The van der Waals surface area contributed by atoms with Gasteiger partial charge in [-0.25, -0.2) is 8.42 Å². The minimum absolute atomic E-state index is 0.151. The van der Waals surface area contributed by atoms with Gasteiger partial charge in [-0.15, -0.1) is 0 Å². The highest BCUT2D eigenvalue weighted by Crippen LogP contribution is 2.26. The predicted molar refractivity (Wildman–Crippen MR) is 103 cm³/mol. The molecule has 138 valence electrons. The van der Waals surface area contributed by atoms with Gasteiger partial charge in [-0.3, -0.25) is 4.79 Å². The zero-order valence-corrected chi connectivity index (χ0v) is 16.3. The lowest BCUT2D eigenvalue weighted by Crippen LogP contribution is -2.28. The van der Waals surface area contributed by atoms with E-state index in [4.69, 9.17) is 11.6 Å². The van der Waals surface area contributed by atoms with Gasteiger partial charge in [0, 0.05) is 29.4 Å². The highest BCUT2D eigenvalue weighted by Gasteiger charge is 2.28. The van der Waals surface area contributed by atoms with Crippen LogP contribution in [0, 0.1) is 13.8 Å². The Bertz CT molecular complexity index is 951. The maximum Gasteiger partial charge on any atom is 0.255 e. The first kappa shape index (κ1) is 18.9. The first-order valence-electron chi connectivity index (χ1n) is 8.48. The largest absolute Gasteiger partial charge is 0.322 e. The molecule has 2 aromatic rings. The molecule has 0 spiro atoms. The molecule has 0 aliphatic carbocycles. The van der Waals surface area contributed by atoms with Crippen LogP contribution in [0.5, 0.6) is 0 Å². The van der Waals surface area contributed by atoms with E-state index < -0.39 is 10.0 Å². The minimum Gasteiger partial charge on any atom is -0.322 e. The molecule has 1 amide bonds. The summed E-state index contributed by atoms with van der Waals surface area (Å²) < 4.78 is 27.0. The minimum atomic E-state index is -3.57. The smallest absolute Gasteiger partial charge is 0.255 e. The van der Waals surface area contributed by atoms with Crippen molar-refractivity contribution in [3.05, 3.63) is 58.1 Å². The van der Waals surface area contributed by atoms with E-state index in [2.05, 4.69) is 5.32 Å². The van der Waals surface area contributed by atoms with Gasteiger partial charge in [-0.2, -0.15) is 4.31 Å². The van der Waals surface area contributed by atoms with Crippen LogP contribution < -0.4 is 5.32 Å². The van der Waals surface area contributed by atoms with E-state index >= 15 is 0 Å². The molecule has 0 atom stereocenters. The third-order valence-corrected chi connectivity index (χ3v) is 6.98. The molecule has 0 unspecified atom stereocenters. The summed E-state index contributed by atoms with van der Waals surface area (Å²) in [5.74, 6) is -0.355.